The molecule has 0 unspecified atom stereocenters. The summed E-state index contributed by atoms with van der Waals surface area (Å²) >= 11 is 0. The molecule has 3 aliphatic rings. The summed E-state index contributed by atoms with van der Waals surface area (Å²) in [5, 5.41) is 2.62. The lowest BCUT2D eigenvalue weighted by molar-refractivity contribution is 0.00578. The Balaban J connectivity index is 1.30. The van der Waals surface area contributed by atoms with Crippen molar-refractivity contribution in [1.29, 1.82) is 0 Å². The molecule has 0 bridgehead atoms. The number of benzene rings is 5. The summed E-state index contributed by atoms with van der Waals surface area (Å²) in [6, 6.07) is 36.1. The topological polar surface area (TPSA) is 23.4 Å². The van der Waals surface area contributed by atoms with Crippen molar-refractivity contribution in [2.24, 2.45) is 0 Å². The summed E-state index contributed by atoms with van der Waals surface area (Å²) in [4.78, 5) is 0. The minimum Gasteiger partial charge on any atom is -0.399 e. The van der Waals surface area contributed by atoms with E-state index in [0.29, 0.717) is 0 Å². The molecule has 0 atom stereocenters. The van der Waals surface area contributed by atoms with Crippen LogP contribution in [-0.4, -0.2) is 22.9 Å². The fourth-order valence-electron chi connectivity index (χ4n) is 7.89. The quantitative estimate of drug-likeness (QED) is 0.197. The maximum Gasteiger partial charge on any atom is 0.494 e. The average Bonchev–Trinajstić information content (AvgIpc) is 3.50. The van der Waals surface area contributed by atoms with E-state index in [1.165, 1.54) is 72.0 Å². The maximum absolute atomic E-state index is 6.36. The standard InChI is InChI=1S/C39H34BNO2/c1-37(2)30-22-21-29-27-12-8-10-14-32(27)41-31-13-9-7-11-26(31)28-20-19-25(35(37)33(28)34(30)36(29)41)23-15-17-24(18-16-23)40-42-38(3,4)39(5,6)43-40/h7-22H,1-6H3. The van der Waals surface area contributed by atoms with Gasteiger partial charge in [-0.05, 0) is 78.7 Å². The molecule has 1 saturated heterocycles. The summed E-state index contributed by atoms with van der Waals surface area (Å²) in [5.74, 6) is 0. The summed E-state index contributed by atoms with van der Waals surface area (Å²) in [5.41, 5.74) is 14.7. The van der Waals surface area contributed by atoms with Crippen molar-refractivity contribution < 1.29 is 9.31 Å². The van der Waals surface area contributed by atoms with E-state index in [1.807, 2.05) is 0 Å². The molecule has 0 radical (unpaired) electrons. The van der Waals surface area contributed by atoms with Crippen molar-refractivity contribution in [3.63, 3.8) is 0 Å². The fourth-order valence-corrected chi connectivity index (χ4v) is 7.89. The lowest BCUT2D eigenvalue weighted by Gasteiger charge is -2.32. The lowest BCUT2D eigenvalue weighted by Crippen LogP contribution is -2.41. The second kappa shape index (κ2) is 8.08. The van der Waals surface area contributed by atoms with Gasteiger partial charge in [0.05, 0.1) is 27.9 Å². The van der Waals surface area contributed by atoms with Crippen LogP contribution in [-0.2, 0) is 14.7 Å². The summed E-state index contributed by atoms with van der Waals surface area (Å²) in [6.45, 7) is 13.2. The molecule has 4 heteroatoms. The van der Waals surface area contributed by atoms with E-state index >= 15 is 0 Å². The minimum absolute atomic E-state index is 0.165. The number of rotatable bonds is 2. The van der Waals surface area contributed by atoms with Gasteiger partial charge in [0.1, 0.15) is 0 Å². The van der Waals surface area contributed by atoms with Gasteiger partial charge in [0, 0.05) is 27.3 Å². The third-order valence-corrected chi connectivity index (χ3v) is 10.8. The SMILES string of the molecule is CC1(C)c2ccc3c4ccccc4n4c3c2-c2c(ccc(-c3ccc(B5OC(C)(C)C(C)(C)O5)cc3)c21)-c1ccccc1-4. The first kappa shape index (κ1) is 25.4. The van der Waals surface area contributed by atoms with E-state index in [4.69, 9.17) is 9.31 Å². The third-order valence-electron chi connectivity index (χ3n) is 10.8. The third kappa shape index (κ3) is 3.13. The number of nitrogens with zero attached hydrogens (tertiary/aromatic N) is 1. The molecule has 9 rings (SSSR count). The van der Waals surface area contributed by atoms with Crippen molar-refractivity contribution in [2.75, 3.05) is 0 Å². The van der Waals surface area contributed by atoms with E-state index in [9.17, 15) is 0 Å². The zero-order valence-corrected chi connectivity index (χ0v) is 25.6. The Morgan fingerprint density at radius 1 is 0.581 bits per heavy atom. The second-order valence-electron chi connectivity index (χ2n) is 14.0. The smallest absolute Gasteiger partial charge is 0.399 e. The highest BCUT2D eigenvalue weighted by Crippen LogP contribution is 2.60. The molecule has 2 aliphatic heterocycles. The molecule has 210 valence electrons. The van der Waals surface area contributed by atoms with Crippen molar-refractivity contribution in [1.82, 2.24) is 4.57 Å². The number of para-hydroxylation sites is 2. The largest absolute Gasteiger partial charge is 0.494 e. The van der Waals surface area contributed by atoms with Crippen LogP contribution in [0.25, 0.3) is 60.9 Å². The molecule has 5 aromatic carbocycles. The van der Waals surface area contributed by atoms with Crippen molar-refractivity contribution in [3.05, 3.63) is 108 Å². The molecule has 0 N–H and O–H groups in total. The summed E-state index contributed by atoms with van der Waals surface area (Å²) in [7, 11) is -0.367. The first-order valence-corrected chi connectivity index (χ1v) is 15.4. The van der Waals surface area contributed by atoms with Crippen LogP contribution in [0.2, 0.25) is 0 Å². The molecule has 0 saturated carbocycles. The Morgan fingerprint density at radius 3 is 2.02 bits per heavy atom. The Kier molecular flexibility index (Phi) is 4.77. The predicted octanol–water partition coefficient (Wildman–Crippen LogP) is 9.04. The molecule has 43 heavy (non-hydrogen) atoms. The molecule has 3 nitrogen and oxygen atoms in total. The molecule has 0 spiro atoms. The van der Waals surface area contributed by atoms with E-state index in [2.05, 4.69) is 143 Å². The second-order valence-corrected chi connectivity index (χ2v) is 14.0. The van der Waals surface area contributed by atoms with Crippen LogP contribution in [0, 0.1) is 0 Å². The molecular weight excluding hydrogens is 525 g/mol. The Hall–Kier alpha value is -4.12. The molecule has 0 amide bonds. The molecule has 3 heterocycles. The first-order chi connectivity index (χ1) is 20.6. The molecule has 1 aromatic heterocycles. The van der Waals surface area contributed by atoms with E-state index in [1.54, 1.807) is 0 Å². The summed E-state index contributed by atoms with van der Waals surface area (Å²) < 4.78 is 15.2. The predicted molar refractivity (Wildman–Crippen MR) is 178 cm³/mol. The highest BCUT2D eigenvalue weighted by atomic mass is 16.7. The van der Waals surface area contributed by atoms with Gasteiger partial charge in [0.15, 0.2) is 0 Å². The van der Waals surface area contributed by atoms with E-state index in [0.717, 1.165) is 5.46 Å². The van der Waals surface area contributed by atoms with Crippen LogP contribution >= 0.6 is 0 Å². The van der Waals surface area contributed by atoms with Gasteiger partial charge in [-0.1, -0.05) is 98.8 Å². The van der Waals surface area contributed by atoms with Crippen molar-refractivity contribution in [2.45, 2.75) is 58.2 Å². The normalized spacial score (nSPS) is 18.3. The Morgan fingerprint density at radius 2 is 1.26 bits per heavy atom. The van der Waals surface area contributed by atoms with Gasteiger partial charge in [-0.25, -0.2) is 0 Å². The van der Waals surface area contributed by atoms with Crippen molar-refractivity contribution >= 4 is 34.4 Å². The molecule has 1 aliphatic carbocycles. The number of fused-ring (bicyclic) bond motifs is 6. The summed E-state index contributed by atoms with van der Waals surface area (Å²) in [6.07, 6.45) is 0. The fraction of sp³-hybridized carbons (Fsp3) is 0.231. The van der Waals surface area contributed by atoms with Crippen molar-refractivity contribution in [3.8, 4) is 39.1 Å². The van der Waals surface area contributed by atoms with E-state index < -0.39 is 0 Å². The van der Waals surface area contributed by atoms with Crippen LogP contribution in [0.1, 0.15) is 52.7 Å². The zero-order valence-electron chi connectivity index (χ0n) is 25.6. The van der Waals surface area contributed by atoms with Crippen LogP contribution in [0.15, 0.2) is 97.1 Å². The van der Waals surface area contributed by atoms with Crippen LogP contribution in [0.3, 0.4) is 0 Å². The Bertz CT molecular complexity index is 2150. The number of aromatic nitrogens is 1. The zero-order chi connectivity index (χ0) is 29.5. The monoisotopic (exact) mass is 559 g/mol. The Labute approximate surface area is 253 Å². The highest BCUT2D eigenvalue weighted by Gasteiger charge is 2.51. The van der Waals surface area contributed by atoms with Crippen LogP contribution in [0.4, 0.5) is 0 Å². The van der Waals surface area contributed by atoms with Crippen LogP contribution in [0.5, 0.6) is 0 Å². The van der Waals surface area contributed by atoms with Gasteiger partial charge in [-0.3, -0.25) is 0 Å². The maximum atomic E-state index is 6.36. The van der Waals surface area contributed by atoms with Gasteiger partial charge in [0.2, 0.25) is 0 Å². The molecule has 6 aromatic rings. The molecule has 1 fully saturated rings. The van der Waals surface area contributed by atoms with Gasteiger partial charge in [0.25, 0.3) is 0 Å². The van der Waals surface area contributed by atoms with Gasteiger partial charge < -0.3 is 13.9 Å². The lowest BCUT2D eigenvalue weighted by atomic mass is 9.76. The van der Waals surface area contributed by atoms with Gasteiger partial charge in [-0.15, -0.1) is 0 Å². The first-order valence-electron chi connectivity index (χ1n) is 15.4. The van der Waals surface area contributed by atoms with Gasteiger partial charge in [-0.2, -0.15) is 0 Å². The number of hydrogen-bond acceptors (Lipinski definition) is 2. The molecular formula is C39H34BNO2. The average molecular weight is 560 g/mol. The van der Waals surface area contributed by atoms with Gasteiger partial charge >= 0.3 is 7.12 Å². The highest BCUT2D eigenvalue weighted by molar-refractivity contribution is 6.62. The van der Waals surface area contributed by atoms with Crippen LogP contribution < -0.4 is 5.46 Å². The number of hydrogen-bond donors (Lipinski definition) is 0. The minimum atomic E-state index is -0.367. The van der Waals surface area contributed by atoms with E-state index in [-0.39, 0.29) is 23.7 Å².